The highest BCUT2D eigenvalue weighted by Gasteiger charge is 2.26. The average molecular weight is 443 g/mol. The van der Waals surface area contributed by atoms with E-state index in [1.165, 1.54) is 35.2 Å². The van der Waals surface area contributed by atoms with Crippen LogP contribution < -0.4 is 10.6 Å². The van der Waals surface area contributed by atoms with E-state index in [9.17, 15) is 14.0 Å². The molecule has 2 aromatic carbocycles. The first-order chi connectivity index (χ1) is 14.6. The molecule has 1 unspecified atom stereocenters. The molecule has 1 aromatic heterocycles. The molecule has 1 aliphatic rings. The number of benzene rings is 2. The number of halogens is 1. The molecule has 6 nitrogen and oxygen atoms in total. The fourth-order valence-electron chi connectivity index (χ4n) is 3.18. The van der Waals surface area contributed by atoms with Crippen LogP contribution >= 0.6 is 23.1 Å². The highest BCUT2D eigenvalue weighted by Crippen LogP contribution is 2.29. The van der Waals surface area contributed by atoms with Crippen LogP contribution in [0.15, 0.2) is 52.9 Å². The first-order valence-electron chi connectivity index (χ1n) is 9.46. The summed E-state index contributed by atoms with van der Waals surface area (Å²) >= 11 is 2.77. The molecule has 9 heteroatoms. The Hall–Kier alpha value is -2.78. The van der Waals surface area contributed by atoms with E-state index >= 15 is 0 Å². The summed E-state index contributed by atoms with van der Waals surface area (Å²) in [5.41, 5.74) is 2.92. The second kappa shape index (κ2) is 9.36. The zero-order chi connectivity index (χ0) is 20.9. The summed E-state index contributed by atoms with van der Waals surface area (Å²) < 4.78 is 13.7. The Morgan fingerprint density at radius 1 is 1.20 bits per heavy atom. The molecule has 154 valence electrons. The molecule has 0 radical (unpaired) electrons. The molecule has 2 heterocycles. The molecule has 0 aliphatic carbocycles. The lowest BCUT2D eigenvalue weighted by molar-refractivity contribution is -0.121. The number of rotatable bonds is 7. The van der Waals surface area contributed by atoms with Crippen LogP contribution in [-0.4, -0.2) is 22.0 Å². The van der Waals surface area contributed by atoms with E-state index in [4.69, 9.17) is 0 Å². The SMILES string of the molecule is O=C(CCC1Cc2ccccc2NC1=O)Nc1nnc(SCc2ccc(F)cc2)s1. The molecule has 30 heavy (non-hydrogen) atoms. The topological polar surface area (TPSA) is 84.0 Å². The normalized spacial score (nSPS) is 15.4. The van der Waals surface area contributed by atoms with Gasteiger partial charge in [-0.3, -0.25) is 9.59 Å². The zero-order valence-electron chi connectivity index (χ0n) is 15.9. The van der Waals surface area contributed by atoms with Crippen molar-refractivity contribution in [1.82, 2.24) is 10.2 Å². The van der Waals surface area contributed by atoms with Crippen LogP contribution in [0.25, 0.3) is 0 Å². The molecule has 2 amide bonds. The maximum atomic E-state index is 13.0. The van der Waals surface area contributed by atoms with Crippen LogP contribution in [0.4, 0.5) is 15.2 Å². The number of aromatic nitrogens is 2. The van der Waals surface area contributed by atoms with E-state index in [1.807, 2.05) is 24.3 Å². The van der Waals surface area contributed by atoms with Crippen molar-refractivity contribution < 1.29 is 14.0 Å². The molecule has 1 aliphatic heterocycles. The Morgan fingerprint density at radius 2 is 2.00 bits per heavy atom. The summed E-state index contributed by atoms with van der Waals surface area (Å²) in [6.07, 6.45) is 1.34. The molecule has 2 N–H and O–H groups in total. The highest BCUT2D eigenvalue weighted by atomic mass is 32.2. The van der Waals surface area contributed by atoms with E-state index in [0.717, 1.165) is 21.2 Å². The third-order valence-electron chi connectivity index (χ3n) is 4.76. The van der Waals surface area contributed by atoms with Gasteiger partial charge in [0.05, 0.1) is 0 Å². The number of anilines is 2. The second-order valence-electron chi connectivity index (χ2n) is 6.92. The van der Waals surface area contributed by atoms with Crippen molar-refractivity contribution in [2.75, 3.05) is 10.6 Å². The molecule has 3 aromatic rings. The Balaban J connectivity index is 1.25. The van der Waals surface area contributed by atoms with Gasteiger partial charge in [-0.1, -0.05) is 53.4 Å². The van der Waals surface area contributed by atoms with Crippen LogP contribution in [0, 0.1) is 11.7 Å². The molecule has 0 bridgehead atoms. The maximum absolute atomic E-state index is 13.0. The average Bonchev–Trinajstić information content (AvgIpc) is 3.19. The minimum atomic E-state index is -0.264. The zero-order valence-corrected chi connectivity index (χ0v) is 17.6. The number of nitrogens with zero attached hydrogens (tertiary/aromatic N) is 2. The lowest BCUT2D eigenvalue weighted by Crippen LogP contribution is -2.30. The van der Waals surface area contributed by atoms with E-state index < -0.39 is 0 Å². The third-order valence-corrected chi connectivity index (χ3v) is 6.80. The standard InChI is InChI=1S/C21H19FN4O2S2/c22-16-8-5-13(6-9-16)12-29-21-26-25-20(30-21)24-18(27)10-7-15-11-14-3-1-2-4-17(14)23-19(15)28/h1-6,8-9,15H,7,10-12H2,(H,23,28)(H,24,25,27). The molecular formula is C21H19FN4O2S2. The van der Waals surface area contributed by atoms with Gasteiger partial charge in [0.25, 0.3) is 0 Å². The second-order valence-corrected chi connectivity index (χ2v) is 9.12. The van der Waals surface area contributed by atoms with Gasteiger partial charge in [0.1, 0.15) is 5.82 Å². The van der Waals surface area contributed by atoms with Gasteiger partial charge in [-0.15, -0.1) is 10.2 Å². The van der Waals surface area contributed by atoms with Crippen molar-refractivity contribution in [3.8, 4) is 0 Å². The Morgan fingerprint density at radius 3 is 2.83 bits per heavy atom. The molecule has 0 spiro atoms. The summed E-state index contributed by atoms with van der Waals surface area (Å²) in [6.45, 7) is 0. The number of para-hydroxylation sites is 1. The van der Waals surface area contributed by atoms with Crippen LogP contribution in [0.1, 0.15) is 24.0 Å². The number of nitrogens with one attached hydrogen (secondary N) is 2. The lowest BCUT2D eigenvalue weighted by atomic mass is 9.89. The molecule has 4 rings (SSSR count). The van der Waals surface area contributed by atoms with Crippen molar-refractivity contribution in [3.05, 3.63) is 65.5 Å². The minimum absolute atomic E-state index is 0.0445. The number of fused-ring (bicyclic) bond motifs is 1. The molecule has 0 fully saturated rings. The molecule has 0 saturated carbocycles. The van der Waals surface area contributed by atoms with Crippen molar-refractivity contribution in [2.24, 2.45) is 5.92 Å². The number of thioether (sulfide) groups is 1. The van der Waals surface area contributed by atoms with Gasteiger partial charge in [-0.05, 0) is 42.2 Å². The molecular weight excluding hydrogens is 423 g/mol. The number of carbonyl (C=O) groups excluding carboxylic acids is 2. The first kappa shape index (κ1) is 20.5. The van der Waals surface area contributed by atoms with E-state index in [-0.39, 0.29) is 30.0 Å². The number of amides is 2. The number of hydrogen-bond acceptors (Lipinski definition) is 6. The smallest absolute Gasteiger partial charge is 0.227 e. The quantitative estimate of drug-likeness (QED) is 0.416. The monoisotopic (exact) mass is 442 g/mol. The summed E-state index contributed by atoms with van der Waals surface area (Å²) in [6, 6.07) is 14.0. The van der Waals surface area contributed by atoms with E-state index in [0.29, 0.717) is 23.7 Å². The van der Waals surface area contributed by atoms with Gasteiger partial charge in [0.2, 0.25) is 16.9 Å². The Kier molecular flexibility index (Phi) is 6.39. The van der Waals surface area contributed by atoms with Crippen molar-refractivity contribution in [2.45, 2.75) is 29.4 Å². The minimum Gasteiger partial charge on any atom is -0.326 e. The number of carbonyl (C=O) groups is 2. The predicted octanol–water partition coefficient (Wildman–Crippen LogP) is 4.50. The van der Waals surface area contributed by atoms with E-state index in [1.54, 1.807) is 12.1 Å². The Labute approximate surface area is 181 Å². The van der Waals surface area contributed by atoms with Gasteiger partial charge in [-0.2, -0.15) is 0 Å². The largest absolute Gasteiger partial charge is 0.326 e. The highest BCUT2D eigenvalue weighted by molar-refractivity contribution is 8.00. The third kappa shape index (κ3) is 5.22. The van der Waals surface area contributed by atoms with Gasteiger partial charge in [0, 0.05) is 23.8 Å². The van der Waals surface area contributed by atoms with Gasteiger partial charge in [0.15, 0.2) is 4.34 Å². The van der Waals surface area contributed by atoms with Crippen LogP contribution in [0.3, 0.4) is 0 Å². The fraction of sp³-hybridized carbons (Fsp3) is 0.238. The van der Waals surface area contributed by atoms with Crippen LogP contribution in [0.2, 0.25) is 0 Å². The van der Waals surface area contributed by atoms with Gasteiger partial charge < -0.3 is 10.6 Å². The fourth-order valence-corrected chi connectivity index (χ4v) is 4.90. The lowest BCUT2D eigenvalue weighted by Gasteiger charge is -2.24. The van der Waals surface area contributed by atoms with E-state index in [2.05, 4.69) is 20.8 Å². The summed E-state index contributed by atoms with van der Waals surface area (Å²) in [5, 5.41) is 14.2. The molecule has 0 saturated heterocycles. The number of hydrogen-bond donors (Lipinski definition) is 2. The summed E-state index contributed by atoms with van der Waals surface area (Å²) in [7, 11) is 0. The van der Waals surface area contributed by atoms with Crippen molar-refractivity contribution in [1.29, 1.82) is 0 Å². The van der Waals surface area contributed by atoms with Gasteiger partial charge >= 0.3 is 0 Å². The van der Waals surface area contributed by atoms with Crippen LogP contribution in [-0.2, 0) is 21.8 Å². The van der Waals surface area contributed by atoms with Gasteiger partial charge in [-0.25, -0.2) is 4.39 Å². The summed E-state index contributed by atoms with van der Waals surface area (Å²) in [5.74, 6) is -0.0764. The Bertz CT molecular complexity index is 1060. The van der Waals surface area contributed by atoms with Crippen molar-refractivity contribution in [3.63, 3.8) is 0 Å². The van der Waals surface area contributed by atoms with Crippen molar-refractivity contribution >= 4 is 45.7 Å². The maximum Gasteiger partial charge on any atom is 0.227 e. The predicted molar refractivity (Wildman–Crippen MR) is 116 cm³/mol. The first-order valence-corrected chi connectivity index (χ1v) is 11.3. The summed E-state index contributed by atoms with van der Waals surface area (Å²) in [4.78, 5) is 24.5. The molecule has 1 atom stereocenters. The van der Waals surface area contributed by atoms with Crippen LogP contribution in [0.5, 0.6) is 0 Å².